The Morgan fingerprint density at radius 2 is 1.35 bits per heavy atom. The number of methoxy groups -OCH3 is 1. The molecule has 2 atom stereocenters. The molecule has 0 aromatic heterocycles. The zero-order chi connectivity index (χ0) is 22.6. The SMILES string of the molecule is COc1ccc(C(=O)NNC(=O)c2ccc(S(=O)(=O)N3C[C@@H](C)O[C@H](C)C3)cc2)cc1. The van der Waals surface area contributed by atoms with Crippen molar-refractivity contribution >= 4 is 21.8 Å². The van der Waals surface area contributed by atoms with Gasteiger partial charge in [0.15, 0.2) is 0 Å². The maximum atomic E-state index is 12.9. The lowest BCUT2D eigenvalue weighted by molar-refractivity contribution is -0.0440. The van der Waals surface area contributed by atoms with Crippen LogP contribution in [0.1, 0.15) is 34.6 Å². The highest BCUT2D eigenvalue weighted by molar-refractivity contribution is 7.89. The summed E-state index contributed by atoms with van der Waals surface area (Å²) in [5.74, 6) is -0.457. The van der Waals surface area contributed by atoms with Gasteiger partial charge in [-0.25, -0.2) is 8.42 Å². The Hall–Kier alpha value is -2.95. The van der Waals surface area contributed by atoms with Gasteiger partial charge in [-0.05, 0) is 62.4 Å². The first-order valence-electron chi connectivity index (χ1n) is 9.71. The summed E-state index contributed by atoms with van der Waals surface area (Å²) in [5.41, 5.74) is 5.18. The van der Waals surface area contributed by atoms with Gasteiger partial charge < -0.3 is 9.47 Å². The number of nitrogens with zero attached hydrogens (tertiary/aromatic N) is 1. The third-order valence-electron chi connectivity index (χ3n) is 4.78. The molecule has 1 saturated heterocycles. The van der Waals surface area contributed by atoms with Crippen molar-refractivity contribution in [3.05, 3.63) is 59.7 Å². The summed E-state index contributed by atoms with van der Waals surface area (Å²) in [6.45, 7) is 4.19. The fraction of sp³-hybridized carbons (Fsp3) is 0.333. The van der Waals surface area contributed by atoms with Crippen LogP contribution >= 0.6 is 0 Å². The van der Waals surface area contributed by atoms with Crippen molar-refractivity contribution < 1.29 is 27.5 Å². The molecular formula is C21H25N3O6S. The predicted octanol–water partition coefficient (Wildman–Crippen LogP) is 1.57. The lowest BCUT2D eigenvalue weighted by Crippen LogP contribution is -2.48. The topological polar surface area (TPSA) is 114 Å². The number of sulfonamides is 1. The van der Waals surface area contributed by atoms with Crippen molar-refractivity contribution in [2.45, 2.75) is 31.0 Å². The number of nitrogens with one attached hydrogen (secondary N) is 2. The van der Waals surface area contributed by atoms with E-state index in [0.717, 1.165) is 0 Å². The molecule has 0 unspecified atom stereocenters. The van der Waals surface area contributed by atoms with E-state index in [4.69, 9.17) is 9.47 Å². The second-order valence-electron chi connectivity index (χ2n) is 7.24. The molecule has 2 amide bonds. The number of carbonyl (C=O) groups excluding carboxylic acids is 2. The molecule has 0 spiro atoms. The van der Waals surface area contributed by atoms with Crippen molar-refractivity contribution in [3.63, 3.8) is 0 Å². The Kier molecular flexibility index (Phi) is 6.94. The van der Waals surface area contributed by atoms with Crippen molar-refractivity contribution in [3.8, 4) is 5.75 Å². The van der Waals surface area contributed by atoms with Crippen LogP contribution in [0, 0.1) is 0 Å². The zero-order valence-corrected chi connectivity index (χ0v) is 18.3. The van der Waals surface area contributed by atoms with E-state index in [2.05, 4.69) is 10.9 Å². The molecule has 0 aliphatic carbocycles. The fourth-order valence-corrected chi connectivity index (χ4v) is 4.85. The molecule has 2 N–H and O–H groups in total. The zero-order valence-electron chi connectivity index (χ0n) is 17.5. The minimum Gasteiger partial charge on any atom is -0.497 e. The van der Waals surface area contributed by atoms with Crippen LogP contribution in [0.4, 0.5) is 0 Å². The van der Waals surface area contributed by atoms with Crippen LogP contribution in [-0.4, -0.2) is 56.9 Å². The highest BCUT2D eigenvalue weighted by Gasteiger charge is 2.32. The highest BCUT2D eigenvalue weighted by Crippen LogP contribution is 2.21. The molecule has 9 nitrogen and oxygen atoms in total. The summed E-state index contributed by atoms with van der Waals surface area (Å²) < 4.78 is 37.8. The van der Waals surface area contributed by atoms with E-state index in [9.17, 15) is 18.0 Å². The van der Waals surface area contributed by atoms with E-state index in [-0.39, 0.29) is 35.8 Å². The van der Waals surface area contributed by atoms with E-state index >= 15 is 0 Å². The van der Waals surface area contributed by atoms with Gasteiger partial charge in [-0.1, -0.05) is 0 Å². The molecule has 1 heterocycles. The summed E-state index contributed by atoms with van der Waals surface area (Å²) in [4.78, 5) is 24.5. The minimum absolute atomic E-state index is 0.0904. The van der Waals surface area contributed by atoms with Crippen LogP contribution in [0.3, 0.4) is 0 Å². The monoisotopic (exact) mass is 447 g/mol. The number of hydrazine groups is 1. The van der Waals surface area contributed by atoms with E-state index in [1.165, 1.54) is 35.7 Å². The summed E-state index contributed by atoms with van der Waals surface area (Å²) in [6.07, 6.45) is -0.393. The number of morpholine rings is 1. The molecule has 1 fully saturated rings. The lowest BCUT2D eigenvalue weighted by atomic mass is 10.2. The summed E-state index contributed by atoms with van der Waals surface area (Å²) in [7, 11) is -2.17. The molecule has 0 radical (unpaired) electrons. The number of hydrogen-bond acceptors (Lipinski definition) is 6. The second-order valence-corrected chi connectivity index (χ2v) is 9.18. The van der Waals surface area contributed by atoms with Crippen LogP contribution in [0.25, 0.3) is 0 Å². The third-order valence-corrected chi connectivity index (χ3v) is 6.63. The van der Waals surface area contributed by atoms with Gasteiger partial charge in [0.2, 0.25) is 10.0 Å². The van der Waals surface area contributed by atoms with Crippen LogP contribution in [0.5, 0.6) is 5.75 Å². The van der Waals surface area contributed by atoms with E-state index in [1.807, 2.05) is 13.8 Å². The number of amides is 2. The van der Waals surface area contributed by atoms with Crippen molar-refractivity contribution in [1.29, 1.82) is 0 Å². The molecule has 0 bridgehead atoms. The smallest absolute Gasteiger partial charge is 0.269 e. The van der Waals surface area contributed by atoms with E-state index < -0.39 is 21.8 Å². The number of carbonyl (C=O) groups is 2. The maximum Gasteiger partial charge on any atom is 0.269 e. The van der Waals surface area contributed by atoms with Gasteiger partial charge in [0.05, 0.1) is 24.2 Å². The average molecular weight is 448 g/mol. The average Bonchev–Trinajstić information content (AvgIpc) is 2.76. The van der Waals surface area contributed by atoms with Crippen LogP contribution in [0.15, 0.2) is 53.4 Å². The molecule has 10 heteroatoms. The van der Waals surface area contributed by atoms with Gasteiger partial charge in [0.1, 0.15) is 5.75 Å². The van der Waals surface area contributed by atoms with Crippen molar-refractivity contribution in [2.75, 3.05) is 20.2 Å². The Morgan fingerprint density at radius 1 is 0.903 bits per heavy atom. The standard InChI is InChI=1S/C21H25N3O6S/c1-14-12-24(13-15(2)30-14)31(27,28)19-10-6-17(7-11-19)21(26)23-22-20(25)16-4-8-18(29-3)9-5-16/h4-11,14-15H,12-13H2,1-3H3,(H,22,25)(H,23,26)/t14-,15-/m1/s1. The third kappa shape index (κ3) is 5.40. The van der Waals surface area contributed by atoms with Crippen molar-refractivity contribution in [1.82, 2.24) is 15.2 Å². The number of rotatable bonds is 5. The first-order valence-corrected chi connectivity index (χ1v) is 11.1. The quantitative estimate of drug-likeness (QED) is 0.673. The van der Waals surface area contributed by atoms with Gasteiger partial charge in [0.25, 0.3) is 11.8 Å². The van der Waals surface area contributed by atoms with E-state index in [1.54, 1.807) is 24.3 Å². The van der Waals surface area contributed by atoms with Crippen LogP contribution in [-0.2, 0) is 14.8 Å². The minimum atomic E-state index is -3.70. The molecule has 2 aromatic carbocycles. The summed E-state index contributed by atoms with van der Waals surface area (Å²) in [6, 6.07) is 11.9. The molecule has 0 saturated carbocycles. The molecule has 1 aliphatic rings. The van der Waals surface area contributed by atoms with Gasteiger partial charge >= 0.3 is 0 Å². The Balaban J connectivity index is 1.62. The molecule has 3 rings (SSSR count). The Labute approximate surface area is 181 Å². The second kappa shape index (κ2) is 9.46. The number of hydrogen-bond donors (Lipinski definition) is 2. The fourth-order valence-electron chi connectivity index (χ4n) is 3.25. The lowest BCUT2D eigenvalue weighted by Gasteiger charge is -2.34. The first kappa shape index (κ1) is 22.7. The van der Waals surface area contributed by atoms with Crippen LogP contribution < -0.4 is 15.6 Å². The molecule has 31 heavy (non-hydrogen) atoms. The molecule has 1 aliphatic heterocycles. The first-order chi connectivity index (χ1) is 14.7. The van der Waals surface area contributed by atoms with Gasteiger partial charge in [0, 0.05) is 24.2 Å². The highest BCUT2D eigenvalue weighted by atomic mass is 32.2. The molecular weight excluding hydrogens is 422 g/mol. The van der Waals surface area contributed by atoms with Crippen molar-refractivity contribution in [2.24, 2.45) is 0 Å². The summed E-state index contributed by atoms with van der Waals surface area (Å²) in [5, 5.41) is 0. The van der Waals surface area contributed by atoms with Gasteiger partial charge in [-0.3, -0.25) is 20.4 Å². The van der Waals surface area contributed by atoms with E-state index in [0.29, 0.717) is 11.3 Å². The molecule has 2 aromatic rings. The Morgan fingerprint density at radius 3 is 1.81 bits per heavy atom. The summed E-state index contributed by atoms with van der Waals surface area (Å²) >= 11 is 0. The predicted molar refractivity (Wildman–Crippen MR) is 113 cm³/mol. The number of benzene rings is 2. The largest absolute Gasteiger partial charge is 0.497 e. The normalized spacial score (nSPS) is 19.5. The van der Waals surface area contributed by atoms with Gasteiger partial charge in [-0.15, -0.1) is 0 Å². The molecule has 166 valence electrons. The van der Waals surface area contributed by atoms with Crippen LogP contribution in [0.2, 0.25) is 0 Å². The maximum absolute atomic E-state index is 12.9. The number of ether oxygens (including phenoxy) is 2. The van der Waals surface area contributed by atoms with Gasteiger partial charge in [-0.2, -0.15) is 4.31 Å². The Bertz CT molecular complexity index is 1030.